The zero-order valence-corrected chi connectivity index (χ0v) is 16.3. The van der Waals surface area contributed by atoms with Gasteiger partial charge in [0.15, 0.2) is 0 Å². The molecule has 2 N–H and O–H groups in total. The molecule has 1 aliphatic rings. The van der Waals surface area contributed by atoms with Gasteiger partial charge in [0.05, 0.1) is 18.1 Å². The largest absolute Gasteiger partial charge is 0.492 e. The normalized spacial score (nSPS) is 24.4. The van der Waals surface area contributed by atoms with Gasteiger partial charge in [-0.15, -0.1) is 0 Å². The molecule has 0 spiro atoms. The predicted molar refractivity (Wildman–Crippen MR) is 96.7 cm³/mol. The number of aliphatic carboxylic acids is 1. The summed E-state index contributed by atoms with van der Waals surface area (Å²) in [6, 6.07) is 4.92. The lowest BCUT2D eigenvalue weighted by Crippen LogP contribution is -2.55. The minimum absolute atomic E-state index is 0.0462. The van der Waals surface area contributed by atoms with Crippen LogP contribution in [-0.4, -0.2) is 54.7 Å². The number of aliphatic hydroxyl groups is 1. The van der Waals surface area contributed by atoms with E-state index in [4.69, 9.17) is 4.74 Å². The van der Waals surface area contributed by atoms with Crippen molar-refractivity contribution in [2.24, 2.45) is 5.41 Å². The Bertz CT molecular complexity index is 763. The number of aliphatic hydroxyl groups excluding tert-OH is 1. The van der Waals surface area contributed by atoms with Gasteiger partial charge in [0, 0.05) is 13.1 Å². The highest BCUT2D eigenvalue weighted by Gasteiger charge is 2.50. The average molecular weight is 385 g/mol. The molecular weight excluding hydrogens is 358 g/mol. The van der Waals surface area contributed by atoms with E-state index in [-0.39, 0.29) is 30.2 Å². The van der Waals surface area contributed by atoms with Gasteiger partial charge >= 0.3 is 5.97 Å². The lowest BCUT2D eigenvalue weighted by atomic mass is 9.73. The Morgan fingerprint density at radius 1 is 1.38 bits per heavy atom. The van der Waals surface area contributed by atoms with Gasteiger partial charge in [0.1, 0.15) is 10.6 Å². The van der Waals surface area contributed by atoms with Crippen LogP contribution in [0.4, 0.5) is 0 Å². The van der Waals surface area contributed by atoms with Gasteiger partial charge < -0.3 is 14.9 Å². The number of carboxylic acids is 1. The third-order valence-electron chi connectivity index (χ3n) is 4.96. The van der Waals surface area contributed by atoms with Crippen molar-refractivity contribution in [1.82, 2.24) is 4.31 Å². The van der Waals surface area contributed by atoms with E-state index in [1.807, 2.05) is 6.92 Å². The Kier molecular flexibility index (Phi) is 6.31. The second kappa shape index (κ2) is 7.94. The van der Waals surface area contributed by atoms with Gasteiger partial charge in [-0.25, -0.2) is 8.42 Å². The van der Waals surface area contributed by atoms with Gasteiger partial charge in [-0.2, -0.15) is 4.31 Å². The van der Waals surface area contributed by atoms with Crippen LogP contribution in [0.15, 0.2) is 23.1 Å². The minimum Gasteiger partial charge on any atom is -0.492 e. The van der Waals surface area contributed by atoms with Crippen LogP contribution in [0.5, 0.6) is 5.75 Å². The first-order valence-corrected chi connectivity index (χ1v) is 10.3. The number of nitrogens with zero attached hydrogens (tertiary/aromatic N) is 1. The van der Waals surface area contributed by atoms with Gasteiger partial charge in [-0.3, -0.25) is 4.79 Å². The van der Waals surface area contributed by atoms with Crippen LogP contribution < -0.4 is 4.74 Å². The first kappa shape index (κ1) is 20.7. The van der Waals surface area contributed by atoms with Crippen molar-refractivity contribution in [1.29, 1.82) is 0 Å². The number of benzene rings is 1. The molecule has 8 heteroatoms. The average Bonchev–Trinajstić information content (AvgIpc) is 2.58. The van der Waals surface area contributed by atoms with Crippen molar-refractivity contribution >= 4 is 16.0 Å². The maximum absolute atomic E-state index is 13.1. The number of piperidine rings is 1. The lowest BCUT2D eigenvalue weighted by Gasteiger charge is -2.42. The van der Waals surface area contributed by atoms with Crippen molar-refractivity contribution in [2.75, 3.05) is 19.7 Å². The summed E-state index contributed by atoms with van der Waals surface area (Å²) in [6.07, 6.45) is -0.273. The number of β-amino-alcohol motifs (C(OH)–C–C–N with tert-alkyl or cyclic N) is 1. The summed E-state index contributed by atoms with van der Waals surface area (Å²) < 4.78 is 32.8. The number of carboxylic acid groups (broad SMARTS) is 1. The number of rotatable bonds is 7. The van der Waals surface area contributed by atoms with Gasteiger partial charge in [0.25, 0.3) is 0 Å². The van der Waals surface area contributed by atoms with Gasteiger partial charge in [-0.1, -0.05) is 19.4 Å². The SMILES string of the molecule is CCC[C@]1(C(=O)O)CCN(S(=O)(=O)c2cc(C)ccc2OCC)C[C@@H]1O. The molecular formula is C18H27NO6S. The molecule has 0 saturated carbocycles. The van der Waals surface area contributed by atoms with E-state index in [9.17, 15) is 23.4 Å². The first-order chi connectivity index (χ1) is 12.2. The molecule has 2 atom stereocenters. The summed E-state index contributed by atoms with van der Waals surface area (Å²) in [5.74, 6) is -0.814. The zero-order valence-electron chi connectivity index (χ0n) is 15.4. The molecule has 26 heavy (non-hydrogen) atoms. The number of carbonyl (C=O) groups is 1. The second-order valence-electron chi connectivity index (χ2n) is 6.72. The number of hydrogen-bond acceptors (Lipinski definition) is 5. The molecule has 146 valence electrons. The Balaban J connectivity index is 2.36. The van der Waals surface area contributed by atoms with E-state index in [2.05, 4.69) is 0 Å². The van der Waals surface area contributed by atoms with E-state index in [1.54, 1.807) is 26.0 Å². The summed E-state index contributed by atoms with van der Waals surface area (Å²) in [4.78, 5) is 11.8. The fraction of sp³-hybridized carbons (Fsp3) is 0.611. The number of hydrogen-bond donors (Lipinski definition) is 2. The molecule has 0 radical (unpaired) electrons. The van der Waals surface area contributed by atoms with E-state index in [1.165, 1.54) is 6.07 Å². The van der Waals surface area contributed by atoms with Crippen molar-refractivity contribution in [2.45, 2.75) is 51.0 Å². The summed E-state index contributed by atoms with van der Waals surface area (Å²) in [6.45, 7) is 5.54. The standard InChI is InChI=1S/C18H27NO6S/c1-4-8-18(17(21)22)9-10-19(12-16(18)20)26(23,24)15-11-13(3)6-7-14(15)25-5-2/h6-7,11,16,20H,4-5,8-10,12H2,1-3H3,(H,21,22)/t16-,18-/m0/s1. The number of sulfonamides is 1. The highest BCUT2D eigenvalue weighted by atomic mass is 32.2. The van der Waals surface area contributed by atoms with Crippen molar-refractivity contribution in [3.05, 3.63) is 23.8 Å². The lowest BCUT2D eigenvalue weighted by molar-refractivity contribution is -0.162. The molecule has 7 nitrogen and oxygen atoms in total. The molecule has 0 bridgehead atoms. The van der Waals surface area contributed by atoms with Crippen LogP contribution in [0.25, 0.3) is 0 Å². The molecule has 1 aromatic carbocycles. The highest BCUT2D eigenvalue weighted by molar-refractivity contribution is 7.89. The third-order valence-corrected chi connectivity index (χ3v) is 6.85. The molecule has 1 heterocycles. The summed E-state index contributed by atoms with van der Waals surface area (Å²) >= 11 is 0. The van der Waals surface area contributed by atoms with Crippen LogP contribution in [-0.2, 0) is 14.8 Å². The molecule has 2 rings (SSSR count). The topological polar surface area (TPSA) is 104 Å². The number of ether oxygens (including phenoxy) is 1. The van der Waals surface area contributed by atoms with E-state index >= 15 is 0 Å². The fourth-order valence-electron chi connectivity index (χ4n) is 3.49. The molecule has 0 aliphatic carbocycles. The molecule has 1 aliphatic heterocycles. The third kappa shape index (κ3) is 3.72. The summed E-state index contributed by atoms with van der Waals surface area (Å²) in [7, 11) is -3.91. The molecule has 0 amide bonds. The molecule has 0 aromatic heterocycles. The van der Waals surface area contributed by atoms with Crippen LogP contribution in [0.3, 0.4) is 0 Å². The summed E-state index contributed by atoms with van der Waals surface area (Å²) in [5, 5.41) is 20.1. The zero-order chi connectivity index (χ0) is 19.5. The van der Waals surface area contributed by atoms with Crippen molar-refractivity contribution in [3.8, 4) is 5.75 Å². The van der Waals surface area contributed by atoms with E-state index in [0.29, 0.717) is 19.4 Å². The van der Waals surface area contributed by atoms with E-state index < -0.39 is 27.5 Å². The van der Waals surface area contributed by atoms with Crippen LogP contribution in [0.2, 0.25) is 0 Å². The van der Waals surface area contributed by atoms with Gasteiger partial charge in [-0.05, 0) is 44.4 Å². The minimum atomic E-state index is -3.91. The maximum atomic E-state index is 13.1. The molecule has 0 unspecified atom stereocenters. The fourth-order valence-corrected chi connectivity index (χ4v) is 5.16. The Labute approximate surface area is 154 Å². The van der Waals surface area contributed by atoms with Crippen LogP contribution in [0, 0.1) is 12.3 Å². The Hall–Kier alpha value is -1.64. The van der Waals surface area contributed by atoms with Crippen LogP contribution >= 0.6 is 0 Å². The smallest absolute Gasteiger partial charge is 0.312 e. The predicted octanol–water partition coefficient (Wildman–Crippen LogP) is 2.02. The van der Waals surface area contributed by atoms with Gasteiger partial charge in [0.2, 0.25) is 10.0 Å². The van der Waals surface area contributed by atoms with E-state index in [0.717, 1.165) is 9.87 Å². The first-order valence-electron chi connectivity index (χ1n) is 8.84. The van der Waals surface area contributed by atoms with Crippen LogP contribution in [0.1, 0.15) is 38.7 Å². The van der Waals surface area contributed by atoms with Crippen molar-refractivity contribution in [3.63, 3.8) is 0 Å². The summed E-state index contributed by atoms with van der Waals surface area (Å²) in [5.41, 5.74) is -0.522. The monoisotopic (exact) mass is 385 g/mol. The Morgan fingerprint density at radius 3 is 2.62 bits per heavy atom. The van der Waals surface area contributed by atoms with Crippen molar-refractivity contribution < 1.29 is 28.2 Å². The molecule has 1 fully saturated rings. The Morgan fingerprint density at radius 2 is 2.08 bits per heavy atom. The maximum Gasteiger partial charge on any atom is 0.312 e. The quantitative estimate of drug-likeness (QED) is 0.744. The molecule has 1 saturated heterocycles. The molecule has 1 aromatic rings. The number of aryl methyl sites for hydroxylation is 1. The highest BCUT2D eigenvalue weighted by Crippen LogP contribution is 2.39. The second-order valence-corrected chi connectivity index (χ2v) is 8.63.